The molecule has 1 N–H and O–H groups in total. The third kappa shape index (κ3) is 3.51. The number of aromatic nitrogens is 2. The smallest absolute Gasteiger partial charge is 0.359 e. The monoisotopic (exact) mass is 443 g/mol. The molecule has 30 heavy (non-hydrogen) atoms. The minimum absolute atomic E-state index is 0.0613. The number of thiophene rings is 2. The van der Waals surface area contributed by atoms with Gasteiger partial charge in [-0.1, -0.05) is 18.2 Å². The van der Waals surface area contributed by atoms with Crippen molar-refractivity contribution in [1.82, 2.24) is 9.78 Å². The summed E-state index contributed by atoms with van der Waals surface area (Å²) in [5.41, 5.74) is -0.912. The molecule has 1 amide bonds. The Kier molecular flexibility index (Phi) is 5.42. The van der Waals surface area contributed by atoms with Crippen LogP contribution in [0, 0.1) is 5.82 Å². The van der Waals surface area contributed by atoms with Gasteiger partial charge in [-0.25, -0.2) is 9.18 Å². The number of fused-ring (bicyclic) bond motifs is 1. The standard InChI is InChI=1S/C20H14FN3O4S2/c1-2-28-20(27)16-11-10-30-18(22-17(25)14-8-5-9-29-14)15(11)19(26)24(23-16)13-7-4-3-6-12(13)21/h3-10H,2H2,1H3,(H,22,25). The van der Waals surface area contributed by atoms with Crippen molar-refractivity contribution >= 4 is 50.3 Å². The zero-order valence-electron chi connectivity index (χ0n) is 15.5. The third-order valence-corrected chi connectivity index (χ3v) is 5.94. The lowest BCUT2D eigenvalue weighted by Gasteiger charge is -2.10. The van der Waals surface area contributed by atoms with Crippen LogP contribution in [0.1, 0.15) is 27.1 Å². The number of para-hydroxylation sites is 1. The molecule has 10 heteroatoms. The van der Waals surface area contributed by atoms with Gasteiger partial charge in [-0.2, -0.15) is 9.78 Å². The molecule has 0 atom stereocenters. The zero-order chi connectivity index (χ0) is 21.3. The summed E-state index contributed by atoms with van der Waals surface area (Å²) >= 11 is 2.33. The molecule has 4 rings (SSSR count). The average Bonchev–Trinajstić information content (AvgIpc) is 3.40. The van der Waals surface area contributed by atoms with Gasteiger partial charge in [0, 0.05) is 10.8 Å². The Balaban J connectivity index is 1.94. The van der Waals surface area contributed by atoms with Crippen LogP contribution in [0.25, 0.3) is 16.5 Å². The van der Waals surface area contributed by atoms with E-state index in [-0.39, 0.29) is 39.7 Å². The van der Waals surface area contributed by atoms with Crippen molar-refractivity contribution in [3.8, 4) is 5.69 Å². The summed E-state index contributed by atoms with van der Waals surface area (Å²) in [6.07, 6.45) is 0. The second-order valence-corrected chi connectivity index (χ2v) is 7.85. The quantitative estimate of drug-likeness (QED) is 0.470. The molecule has 3 heterocycles. The maximum absolute atomic E-state index is 14.4. The lowest BCUT2D eigenvalue weighted by Crippen LogP contribution is -2.26. The number of carbonyl (C=O) groups excluding carboxylic acids is 2. The Labute approximate surface area is 177 Å². The van der Waals surface area contributed by atoms with Crippen LogP contribution in [0.3, 0.4) is 0 Å². The number of rotatable bonds is 5. The first-order valence-electron chi connectivity index (χ1n) is 8.82. The van der Waals surface area contributed by atoms with E-state index in [1.54, 1.807) is 35.9 Å². The maximum Gasteiger partial charge on any atom is 0.359 e. The molecular weight excluding hydrogens is 429 g/mol. The Bertz CT molecular complexity index is 1310. The van der Waals surface area contributed by atoms with Gasteiger partial charge in [-0.05, 0) is 30.5 Å². The summed E-state index contributed by atoms with van der Waals surface area (Å²) in [6, 6.07) is 8.98. The van der Waals surface area contributed by atoms with Crippen LogP contribution in [0.5, 0.6) is 0 Å². The SMILES string of the molecule is CCOC(=O)c1nn(-c2ccccc2F)c(=O)c2c(NC(=O)c3cccs3)scc12. The summed E-state index contributed by atoms with van der Waals surface area (Å²) in [7, 11) is 0. The number of nitrogens with one attached hydrogen (secondary N) is 1. The summed E-state index contributed by atoms with van der Waals surface area (Å²) in [6.45, 7) is 1.75. The molecule has 3 aromatic heterocycles. The summed E-state index contributed by atoms with van der Waals surface area (Å²) < 4.78 is 20.2. The number of carbonyl (C=O) groups is 2. The topological polar surface area (TPSA) is 90.3 Å². The molecule has 7 nitrogen and oxygen atoms in total. The van der Waals surface area contributed by atoms with E-state index in [1.165, 1.54) is 29.5 Å². The van der Waals surface area contributed by atoms with Crippen molar-refractivity contribution in [1.29, 1.82) is 0 Å². The molecule has 0 aliphatic rings. The van der Waals surface area contributed by atoms with E-state index in [0.717, 1.165) is 16.0 Å². The molecule has 0 spiro atoms. The number of benzene rings is 1. The zero-order valence-corrected chi connectivity index (χ0v) is 17.2. The van der Waals surface area contributed by atoms with Crippen molar-refractivity contribution in [2.75, 3.05) is 11.9 Å². The van der Waals surface area contributed by atoms with Gasteiger partial charge in [0.1, 0.15) is 16.5 Å². The number of halogens is 1. The van der Waals surface area contributed by atoms with Gasteiger partial charge in [-0.15, -0.1) is 22.7 Å². The van der Waals surface area contributed by atoms with Crippen LogP contribution in [-0.4, -0.2) is 28.3 Å². The minimum atomic E-state index is -0.749. The fourth-order valence-corrected chi connectivity index (χ4v) is 4.40. The van der Waals surface area contributed by atoms with Crippen LogP contribution in [-0.2, 0) is 4.74 Å². The predicted octanol–water partition coefficient (Wildman–Crippen LogP) is 4.08. The fourth-order valence-electron chi connectivity index (χ4n) is 2.85. The van der Waals surface area contributed by atoms with E-state index in [1.807, 2.05) is 0 Å². The van der Waals surface area contributed by atoms with E-state index < -0.39 is 17.3 Å². The predicted molar refractivity (Wildman–Crippen MR) is 113 cm³/mol. The normalized spacial score (nSPS) is 10.9. The van der Waals surface area contributed by atoms with Crippen molar-refractivity contribution in [3.63, 3.8) is 0 Å². The number of ether oxygens (including phenoxy) is 1. The second kappa shape index (κ2) is 8.17. The number of hydrogen-bond acceptors (Lipinski definition) is 7. The molecular formula is C20H14FN3O4S2. The number of hydrogen-bond donors (Lipinski definition) is 1. The fraction of sp³-hybridized carbons (Fsp3) is 0.100. The Morgan fingerprint density at radius 3 is 2.70 bits per heavy atom. The summed E-state index contributed by atoms with van der Waals surface area (Å²) in [5, 5.41) is 10.6. The van der Waals surface area contributed by atoms with Gasteiger partial charge in [-0.3, -0.25) is 9.59 Å². The van der Waals surface area contributed by atoms with Gasteiger partial charge in [0.05, 0.1) is 16.9 Å². The minimum Gasteiger partial charge on any atom is -0.461 e. The van der Waals surface area contributed by atoms with E-state index in [4.69, 9.17) is 4.74 Å². The Hall–Kier alpha value is -3.37. The van der Waals surface area contributed by atoms with Crippen LogP contribution < -0.4 is 10.9 Å². The highest BCUT2D eigenvalue weighted by Crippen LogP contribution is 2.31. The number of esters is 1. The molecule has 152 valence electrons. The van der Waals surface area contributed by atoms with Gasteiger partial charge >= 0.3 is 5.97 Å². The molecule has 0 fully saturated rings. The number of anilines is 1. The van der Waals surface area contributed by atoms with Crippen molar-refractivity contribution in [3.05, 3.63) is 73.9 Å². The van der Waals surface area contributed by atoms with Gasteiger partial charge in [0.15, 0.2) is 5.69 Å². The molecule has 0 saturated heterocycles. The third-order valence-electron chi connectivity index (χ3n) is 4.17. The second-order valence-electron chi connectivity index (χ2n) is 6.02. The molecule has 0 saturated carbocycles. The summed E-state index contributed by atoms with van der Waals surface area (Å²) in [4.78, 5) is 38.6. The van der Waals surface area contributed by atoms with Gasteiger partial charge in [0.2, 0.25) is 0 Å². The van der Waals surface area contributed by atoms with E-state index >= 15 is 0 Å². The lowest BCUT2D eigenvalue weighted by atomic mass is 10.2. The van der Waals surface area contributed by atoms with Crippen molar-refractivity contribution < 1.29 is 18.7 Å². The number of nitrogens with zero attached hydrogens (tertiary/aromatic N) is 2. The van der Waals surface area contributed by atoms with E-state index in [2.05, 4.69) is 10.4 Å². The van der Waals surface area contributed by atoms with Crippen LogP contribution in [0.2, 0.25) is 0 Å². The van der Waals surface area contributed by atoms with Crippen LogP contribution >= 0.6 is 22.7 Å². The molecule has 0 unspecified atom stereocenters. The lowest BCUT2D eigenvalue weighted by molar-refractivity contribution is 0.0519. The molecule has 0 aliphatic carbocycles. The van der Waals surface area contributed by atoms with Gasteiger partial charge < -0.3 is 10.1 Å². The first-order valence-corrected chi connectivity index (χ1v) is 10.6. The Morgan fingerprint density at radius 2 is 2.00 bits per heavy atom. The van der Waals surface area contributed by atoms with Crippen molar-refractivity contribution in [2.45, 2.75) is 6.92 Å². The van der Waals surface area contributed by atoms with Crippen LogP contribution in [0.4, 0.5) is 9.39 Å². The number of amides is 1. The highest BCUT2D eigenvalue weighted by Gasteiger charge is 2.24. The molecule has 1 aromatic carbocycles. The molecule has 0 radical (unpaired) electrons. The summed E-state index contributed by atoms with van der Waals surface area (Å²) in [5.74, 6) is -1.82. The van der Waals surface area contributed by atoms with Crippen molar-refractivity contribution in [2.24, 2.45) is 0 Å². The molecule has 0 bridgehead atoms. The average molecular weight is 443 g/mol. The maximum atomic E-state index is 14.4. The molecule has 0 aliphatic heterocycles. The highest BCUT2D eigenvalue weighted by atomic mass is 32.1. The van der Waals surface area contributed by atoms with E-state index in [9.17, 15) is 18.8 Å². The first-order chi connectivity index (χ1) is 14.5. The van der Waals surface area contributed by atoms with Gasteiger partial charge in [0.25, 0.3) is 11.5 Å². The Morgan fingerprint density at radius 1 is 1.20 bits per heavy atom. The first kappa shape index (κ1) is 19.9. The highest BCUT2D eigenvalue weighted by molar-refractivity contribution is 7.16. The largest absolute Gasteiger partial charge is 0.461 e. The van der Waals surface area contributed by atoms with Crippen LogP contribution in [0.15, 0.2) is 52.0 Å². The van der Waals surface area contributed by atoms with E-state index in [0.29, 0.717) is 4.88 Å². The molecule has 4 aromatic rings.